The number of alkyl halides is 3. The minimum Gasteiger partial charge on any atom is -0.464 e. The largest absolute Gasteiger partial charge is 0.573 e. The van der Waals surface area contributed by atoms with E-state index < -0.39 is 6.36 Å². The number of furan rings is 1. The molecule has 0 aliphatic heterocycles. The Hall–Kier alpha value is -0.950. The highest BCUT2D eigenvalue weighted by molar-refractivity contribution is 9.11. The maximum atomic E-state index is 12.3. The van der Waals surface area contributed by atoms with Crippen molar-refractivity contribution in [3.8, 4) is 17.1 Å². The molecule has 0 unspecified atom stereocenters. The minimum absolute atomic E-state index is 0.209. The quantitative estimate of drug-likeness (QED) is 0.693. The molecule has 1 aromatic carbocycles. The maximum absolute atomic E-state index is 12.3. The molecule has 0 aliphatic carbocycles. The van der Waals surface area contributed by atoms with Crippen molar-refractivity contribution >= 4 is 31.9 Å². The molecule has 0 atom stereocenters. The Kier molecular flexibility index (Phi) is 3.72. The van der Waals surface area contributed by atoms with Crippen LogP contribution in [0.2, 0.25) is 0 Å². The number of hydrogen-bond donors (Lipinski definition) is 0. The standard InChI is InChI=1S/C11H5Br2F3O2/c12-6-4-7(13)10(8-2-1-3-17-8)9(5-6)18-11(14,15)16/h1-5H. The molecule has 7 heteroatoms. The first kappa shape index (κ1) is 13.5. The lowest BCUT2D eigenvalue weighted by molar-refractivity contribution is -0.274. The van der Waals surface area contributed by atoms with E-state index in [1.54, 1.807) is 18.2 Å². The van der Waals surface area contributed by atoms with E-state index in [4.69, 9.17) is 4.42 Å². The van der Waals surface area contributed by atoms with Crippen molar-refractivity contribution in [1.29, 1.82) is 0 Å². The Balaban J connectivity index is 2.56. The van der Waals surface area contributed by atoms with E-state index in [1.165, 1.54) is 12.3 Å². The van der Waals surface area contributed by atoms with Crippen molar-refractivity contribution in [1.82, 2.24) is 0 Å². The zero-order valence-electron chi connectivity index (χ0n) is 8.59. The van der Waals surface area contributed by atoms with Gasteiger partial charge in [0.15, 0.2) is 0 Å². The summed E-state index contributed by atoms with van der Waals surface area (Å²) in [5.74, 6) is -0.0488. The van der Waals surface area contributed by atoms with E-state index in [-0.39, 0.29) is 17.1 Å². The second-order valence-electron chi connectivity index (χ2n) is 3.29. The molecule has 1 heterocycles. The van der Waals surface area contributed by atoms with Gasteiger partial charge < -0.3 is 9.15 Å². The summed E-state index contributed by atoms with van der Waals surface area (Å²) in [6.45, 7) is 0. The number of hydrogen-bond acceptors (Lipinski definition) is 2. The van der Waals surface area contributed by atoms with Crippen LogP contribution < -0.4 is 4.74 Å². The van der Waals surface area contributed by atoms with Gasteiger partial charge in [-0.3, -0.25) is 0 Å². The summed E-state index contributed by atoms with van der Waals surface area (Å²) in [5, 5.41) is 0. The van der Waals surface area contributed by atoms with E-state index in [0.717, 1.165) is 0 Å². The molecule has 0 aliphatic rings. The van der Waals surface area contributed by atoms with Crippen LogP contribution >= 0.6 is 31.9 Å². The second kappa shape index (κ2) is 4.97. The zero-order valence-corrected chi connectivity index (χ0v) is 11.8. The molecular formula is C11H5Br2F3O2. The smallest absolute Gasteiger partial charge is 0.464 e. The van der Waals surface area contributed by atoms with Gasteiger partial charge in [-0.1, -0.05) is 15.9 Å². The van der Waals surface area contributed by atoms with Gasteiger partial charge in [-0.2, -0.15) is 0 Å². The highest BCUT2D eigenvalue weighted by Crippen LogP contribution is 2.41. The first-order valence-corrected chi connectivity index (χ1v) is 6.24. The molecule has 0 N–H and O–H groups in total. The summed E-state index contributed by atoms with van der Waals surface area (Å²) >= 11 is 6.30. The van der Waals surface area contributed by atoms with Crippen LogP contribution in [0.25, 0.3) is 11.3 Å². The molecule has 0 fully saturated rings. The lowest BCUT2D eigenvalue weighted by Gasteiger charge is -2.14. The number of rotatable bonds is 2. The van der Waals surface area contributed by atoms with Crippen LogP contribution in [0.15, 0.2) is 43.9 Å². The van der Waals surface area contributed by atoms with Gasteiger partial charge in [0.2, 0.25) is 0 Å². The van der Waals surface area contributed by atoms with E-state index in [9.17, 15) is 13.2 Å². The van der Waals surface area contributed by atoms with Crippen LogP contribution in [0.5, 0.6) is 5.75 Å². The monoisotopic (exact) mass is 384 g/mol. The first-order chi connectivity index (χ1) is 8.37. The molecule has 96 valence electrons. The molecular weight excluding hydrogens is 381 g/mol. The fraction of sp³-hybridized carbons (Fsp3) is 0.0909. The van der Waals surface area contributed by atoms with Crippen LogP contribution in [0.4, 0.5) is 13.2 Å². The van der Waals surface area contributed by atoms with Crippen molar-refractivity contribution in [2.24, 2.45) is 0 Å². The van der Waals surface area contributed by atoms with Gasteiger partial charge in [-0.15, -0.1) is 13.2 Å². The van der Waals surface area contributed by atoms with Crippen LogP contribution in [0.3, 0.4) is 0 Å². The van der Waals surface area contributed by atoms with E-state index in [2.05, 4.69) is 36.6 Å². The maximum Gasteiger partial charge on any atom is 0.573 e. The molecule has 0 saturated heterocycles. The Morgan fingerprint density at radius 1 is 1.17 bits per heavy atom. The third-order valence-electron chi connectivity index (χ3n) is 2.01. The van der Waals surface area contributed by atoms with Crippen molar-refractivity contribution in [3.05, 3.63) is 39.5 Å². The number of halogens is 5. The summed E-state index contributed by atoms with van der Waals surface area (Å²) < 4.78 is 47.0. The number of ether oxygens (including phenoxy) is 1. The molecule has 2 nitrogen and oxygen atoms in total. The van der Waals surface area contributed by atoms with E-state index in [0.29, 0.717) is 8.95 Å². The molecule has 2 rings (SSSR count). The van der Waals surface area contributed by atoms with Gasteiger partial charge in [-0.25, -0.2) is 0 Å². The summed E-state index contributed by atoms with van der Waals surface area (Å²) in [5.41, 5.74) is 0.209. The third kappa shape index (κ3) is 3.08. The molecule has 0 spiro atoms. The van der Waals surface area contributed by atoms with Crippen molar-refractivity contribution in [2.45, 2.75) is 6.36 Å². The first-order valence-electron chi connectivity index (χ1n) is 4.65. The molecule has 0 radical (unpaired) electrons. The zero-order chi connectivity index (χ0) is 13.3. The predicted molar refractivity (Wildman–Crippen MR) is 66.2 cm³/mol. The van der Waals surface area contributed by atoms with Gasteiger partial charge >= 0.3 is 6.36 Å². The lowest BCUT2D eigenvalue weighted by atomic mass is 10.1. The molecule has 18 heavy (non-hydrogen) atoms. The third-order valence-corrected chi connectivity index (χ3v) is 3.10. The van der Waals surface area contributed by atoms with Crippen LogP contribution in [-0.4, -0.2) is 6.36 Å². The van der Waals surface area contributed by atoms with Crippen molar-refractivity contribution in [3.63, 3.8) is 0 Å². The van der Waals surface area contributed by atoms with Gasteiger partial charge in [-0.05, 0) is 40.2 Å². The fourth-order valence-corrected chi connectivity index (χ4v) is 2.80. The SMILES string of the molecule is FC(F)(F)Oc1cc(Br)cc(Br)c1-c1ccco1. The fourth-order valence-electron chi connectivity index (χ4n) is 1.42. The van der Waals surface area contributed by atoms with Crippen molar-refractivity contribution in [2.75, 3.05) is 0 Å². The molecule has 0 saturated carbocycles. The Morgan fingerprint density at radius 2 is 1.89 bits per heavy atom. The van der Waals surface area contributed by atoms with E-state index >= 15 is 0 Å². The highest BCUT2D eigenvalue weighted by atomic mass is 79.9. The molecule has 2 aromatic rings. The van der Waals surface area contributed by atoms with Crippen LogP contribution in [0, 0.1) is 0 Å². The summed E-state index contributed by atoms with van der Waals surface area (Å²) in [7, 11) is 0. The Morgan fingerprint density at radius 3 is 2.44 bits per heavy atom. The Labute approximate surface area is 117 Å². The predicted octanol–water partition coefficient (Wildman–Crippen LogP) is 5.37. The van der Waals surface area contributed by atoms with Crippen LogP contribution in [0.1, 0.15) is 0 Å². The topological polar surface area (TPSA) is 22.4 Å². The summed E-state index contributed by atoms with van der Waals surface area (Å²) in [4.78, 5) is 0. The lowest BCUT2D eigenvalue weighted by Crippen LogP contribution is -2.17. The highest BCUT2D eigenvalue weighted by Gasteiger charge is 2.33. The van der Waals surface area contributed by atoms with Gasteiger partial charge in [0, 0.05) is 8.95 Å². The van der Waals surface area contributed by atoms with E-state index in [1.807, 2.05) is 0 Å². The average Bonchev–Trinajstić information content (AvgIpc) is 2.66. The second-order valence-corrected chi connectivity index (χ2v) is 5.06. The van der Waals surface area contributed by atoms with Crippen molar-refractivity contribution < 1.29 is 22.3 Å². The molecule has 1 aromatic heterocycles. The van der Waals surface area contributed by atoms with Crippen LogP contribution in [-0.2, 0) is 0 Å². The van der Waals surface area contributed by atoms with Gasteiger partial charge in [0.05, 0.1) is 11.8 Å². The normalized spacial score (nSPS) is 11.6. The Bertz CT molecular complexity index is 550. The minimum atomic E-state index is -4.76. The molecule has 0 amide bonds. The van der Waals surface area contributed by atoms with Gasteiger partial charge in [0.25, 0.3) is 0 Å². The summed E-state index contributed by atoms with van der Waals surface area (Å²) in [6, 6.07) is 5.98. The molecule has 0 bridgehead atoms. The average molecular weight is 386 g/mol. The van der Waals surface area contributed by atoms with Gasteiger partial charge in [0.1, 0.15) is 11.5 Å². The summed E-state index contributed by atoms with van der Waals surface area (Å²) in [6.07, 6.45) is -3.39. The number of benzene rings is 1.